The molecule has 1 aliphatic rings. The Morgan fingerprint density at radius 1 is 1.41 bits per heavy atom. The van der Waals surface area contributed by atoms with Gasteiger partial charge in [-0.3, -0.25) is 0 Å². The Balaban J connectivity index is 1.71. The van der Waals surface area contributed by atoms with E-state index in [9.17, 15) is 0 Å². The van der Waals surface area contributed by atoms with Crippen LogP contribution in [0.4, 0.5) is 5.82 Å². The number of aromatic nitrogens is 2. The third-order valence-corrected chi connectivity index (χ3v) is 2.86. The van der Waals surface area contributed by atoms with Crippen molar-refractivity contribution in [2.75, 3.05) is 25.1 Å². The Morgan fingerprint density at radius 2 is 2.24 bits per heavy atom. The largest absolute Gasteiger partial charge is 0.379 e. The standard InChI is InChI=1S/C13H21N3O/c1-3-12-8-13(16-10(2)15-12)14-6-7-17-9-11-4-5-11/h8,11H,3-7,9H2,1-2H3,(H,14,15,16). The monoisotopic (exact) mass is 235 g/mol. The maximum atomic E-state index is 5.56. The van der Waals surface area contributed by atoms with E-state index in [2.05, 4.69) is 22.2 Å². The van der Waals surface area contributed by atoms with Gasteiger partial charge in [-0.25, -0.2) is 9.97 Å². The summed E-state index contributed by atoms with van der Waals surface area (Å²) in [6.45, 7) is 6.51. The highest BCUT2D eigenvalue weighted by Crippen LogP contribution is 2.28. The third kappa shape index (κ3) is 4.30. The molecule has 1 aromatic rings. The molecule has 0 atom stereocenters. The van der Waals surface area contributed by atoms with Crippen LogP contribution in [0.5, 0.6) is 0 Å². The van der Waals surface area contributed by atoms with Crippen molar-refractivity contribution in [3.05, 3.63) is 17.6 Å². The Labute approximate surface area is 103 Å². The minimum absolute atomic E-state index is 0.751. The smallest absolute Gasteiger partial charge is 0.130 e. The average molecular weight is 235 g/mol. The normalized spacial score (nSPS) is 14.9. The highest BCUT2D eigenvalue weighted by Gasteiger charge is 2.20. The fourth-order valence-electron chi connectivity index (χ4n) is 1.69. The van der Waals surface area contributed by atoms with Gasteiger partial charge in [0.05, 0.1) is 6.61 Å². The summed E-state index contributed by atoms with van der Waals surface area (Å²) in [7, 11) is 0. The van der Waals surface area contributed by atoms with Crippen molar-refractivity contribution in [1.82, 2.24) is 9.97 Å². The number of hydrogen-bond donors (Lipinski definition) is 1. The van der Waals surface area contributed by atoms with E-state index >= 15 is 0 Å². The molecule has 0 amide bonds. The van der Waals surface area contributed by atoms with Gasteiger partial charge in [0.2, 0.25) is 0 Å². The Bertz CT molecular complexity index is 364. The predicted octanol–water partition coefficient (Wildman–Crippen LogP) is 2.19. The lowest BCUT2D eigenvalue weighted by molar-refractivity contribution is 0.134. The fourth-order valence-corrected chi connectivity index (χ4v) is 1.69. The summed E-state index contributed by atoms with van der Waals surface area (Å²) >= 11 is 0. The van der Waals surface area contributed by atoms with Crippen LogP contribution >= 0.6 is 0 Å². The van der Waals surface area contributed by atoms with E-state index in [1.807, 2.05) is 13.0 Å². The number of nitrogens with zero attached hydrogens (tertiary/aromatic N) is 2. The van der Waals surface area contributed by atoms with Crippen LogP contribution in [-0.4, -0.2) is 29.7 Å². The van der Waals surface area contributed by atoms with Gasteiger partial charge in [0, 0.05) is 24.9 Å². The molecule has 0 bridgehead atoms. The number of aryl methyl sites for hydroxylation is 2. The zero-order chi connectivity index (χ0) is 12.1. The lowest BCUT2D eigenvalue weighted by Crippen LogP contribution is -2.12. The molecule has 0 unspecified atom stereocenters. The van der Waals surface area contributed by atoms with Crippen LogP contribution < -0.4 is 5.32 Å². The summed E-state index contributed by atoms with van der Waals surface area (Å²) in [5, 5.41) is 3.28. The molecule has 94 valence electrons. The first kappa shape index (κ1) is 12.3. The van der Waals surface area contributed by atoms with E-state index in [4.69, 9.17) is 4.74 Å². The third-order valence-electron chi connectivity index (χ3n) is 2.86. The van der Waals surface area contributed by atoms with Crippen molar-refractivity contribution in [2.24, 2.45) is 5.92 Å². The predicted molar refractivity (Wildman–Crippen MR) is 68.2 cm³/mol. The zero-order valence-electron chi connectivity index (χ0n) is 10.7. The van der Waals surface area contributed by atoms with Crippen molar-refractivity contribution < 1.29 is 4.74 Å². The first-order valence-corrected chi connectivity index (χ1v) is 6.44. The van der Waals surface area contributed by atoms with E-state index in [0.717, 1.165) is 49.4 Å². The van der Waals surface area contributed by atoms with Crippen LogP contribution in [0.3, 0.4) is 0 Å². The number of rotatable bonds is 7. The van der Waals surface area contributed by atoms with Gasteiger partial charge >= 0.3 is 0 Å². The van der Waals surface area contributed by atoms with Gasteiger partial charge in [-0.15, -0.1) is 0 Å². The van der Waals surface area contributed by atoms with Gasteiger partial charge in [0.1, 0.15) is 11.6 Å². The molecular formula is C13H21N3O. The van der Waals surface area contributed by atoms with Crippen molar-refractivity contribution >= 4 is 5.82 Å². The fraction of sp³-hybridized carbons (Fsp3) is 0.692. The van der Waals surface area contributed by atoms with Crippen LogP contribution in [0.1, 0.15) is 31.3 Å². The van der Waals surface area contributed by atoms with E-state index in [-0.39, 0.29) is 0 Å². The van der Waals surface area contributed by atoms with Crippen LogP contribution in [0.25, 0.3) is 0 Å². The number of nitrogens with one attached hydrogen (secondary N) is 1. The molecule has 1 heterocycles. The van der Waals surface area contributed by atoms with Gasteiger partial charge < -0.3 is 10.1 Å². The van der Waals surface area contributed by atoms with Crippen molar-refractivity contribution in [3.8, 4) is 0 Å². The molecular weight excluding hydrogens is 214 g/mol. The quantitative estimate of drug-likeness (QED) is 0.736. The van der Waals surface area contributed by atoms with Gasteiger partial charge in [-0.1, -0.05) is 6.92 Å². The Morgan fingerprint density at radius 3 is 2.94 bits per heavy atom. The summed E-state index contributed by atoms with van der Waals surface area (Å²) in [6.07, 6.45) is 3.63. The van der Waals surface area contributed by atoms with Gasteiger partial charge in [-0.05, 0) is 32.1 Å². The number of anilines is 1. The number of hydrogen-bond acceptors (Lipinski definition) is 4. The molecule has 1 aliphatic carbocycles. The first-order chi connectivity index (χ1) is 8.28. The van der Waals surface area contributed by atoms with Crippen molar-refractivity contribution in [3.63, 3.8) is 0 Å². The lowest BCUT2D eigenvalue weighted by atomic mass is 10.3. The van der Waals surface area contributed by atoms with E-state index in [1.54, 1.807) is 0 Å². The van der Waals surface area contributed by atoms with E-state index in [0.29, 0.717) is 0 Å². The van der Waals surface area contributed by atoms with Gasteiger partial charge in [0.15, 0.2) is 0 Å². The molecule has 4 heteroatoms. The SMILES string of the molecule is CCc1cc(NCCOCC2CC2)nc(C)n1. The highest BCUT2D eigenvalue weighted by molar-refractivity contribution is 5.35. The second-order valence-electron chi connectivity index (χ2n) is 4.59. The molecule has 4 nitrogen and oxygen atoms in total. The van der Waals surface area contributed by atoms with Crippen LogP contribution in [0, 0.1) is 12.8 Å². The summed E-state index contributed by atoms with van der Waals surface area (Å²) in [6, 6.07) is 2.01. The number of ether oxygens (including phenoxy) is 1. The van der Waals surface area contributed by atoms with Crippen molar-refractivity contribution in [1.29, 1.82) is 0 Å². The van der Waals surface area contributed by atoms with Crippen LogP contribution in [0.2, 0.25) is 0 Å². The van der Waals surface area contributed by atoms with Gasteiger partial charge in [-0.2, -0.15) is 0 Å². The summed E-state index contributed by atoms with van der Waals surface area (Å²) in [4.78, 5) is 8.69. The topological polar surface area (TPSA) is 47.0 Å². The van der Waals surface area contributed by atoms with Crippen LogP contribution in [-0.2, 0) is 11.2 Å². The maximum absolute atomic E-state index is 5.56. The maximum Gasteiger partial charge on any atom is 0.130 e. The highest BCUT2D eigenvalue weighted by atomic mass is 16.5. The molecule has 1 saturated carbocycles. The minimum Gasteiger partial charge on any atom is -0.379 e. The van der Waals surface area contributed by atoms with E-state index < -0.39 is 0 Å². The minimum atomic E-state index is 0.751. The molecule has 17 heavy (non-hydrogen) atoms. The molecule has 0 aromatic carbocycles. The average Bonchev–Trinajstić information content (AvgIpc) is 3.12. The second-order valence-corrected chi connectivity index (χ2v) is 4.59. The van der Waals surface area contributed by atoms with Crippen molar-refractivity contribution in [2.45, 2.75) is 33.1 Å². The molecule has 1 N–H and O–H groups in total. The Hall–Kier alpha value is -1.16. The second kappa shape index (κ2) is 5.96. The molecule has 1 fully saturated rings. The first-order valence-electron chi connectivity index (χ1n) is 6.44. The summed E-state index contributed by atoms with van der Waals surface area (Å²) < 4.78 is 5.56. The van der Waals surface area contributed by atoms with E-state index in [1.165, 1.54) is 12.8 Å². The van der Waals surface area contributed by atoms with Gasteiger partial charge in [0.25, 0.3) is 0 Å². The molecule has 2 rings (SSSR count). The molecule has 1 aromatic heterocycles. The molecule has 0 aliphatic heterocycles. The molecule has 0 radical (unpaired) electrons. The summed E-state index contributed by atoms with van der Waals surface area (Å²) in [5.41, 5.74) is 1.08. The van der Waals surface area contributed by atoms with Crippen LogP contribution in [0.15, 0.2) is 6.07 Å². The summed E-state index contributed by atoms with van der Waals surface area (Å²) in [5.74, 6) is 2.57. The molecule has 0 saturated heterocycles. The molecule has 0 spiro atoms. The zero-order valence-corrected chi connectivity index (χ0v) is 10.7. The lowest BCUT2D eigenvalue weighted by Gasteiger charge is -2.08. The Kier molecular flexibility index (Phi) is 4.31.